The number of carbonyl (C=O) groups is 2. The van der Waals surface area contributed by atoms with E-state index in [1.807, 2.05) is 6.92 Å². The Morgan fingerprint density at radius 2 is 1.25 bits per heavy atom. The second-order valence-electron chi connectivity index (χ2n) is 5.26. The molecule has 0 aromatic rings. The molecule has 140 valence electrons. The van der Waals surface area contributed by atoms with Crippen molar-refractivity contribution in [2.75, 3.05) is 72.4 Å². The normalized spacial score (nSPS) is 19.2. The van der Waals surface area contributed by atoms with Crippen LogP contribution in [0.5, 0.6) is 0 Å². The predicted octanol–water partition coefficient (Wildman–Crippen LogP) is 0.747. The summed E-state index contributed by atoms with van der Waals surface area (Å²) in [4.78, 5) is 27.1. The third-order valence-corrected chi connectivity index (χ3v) is 3.58. The summed E-state index contributed by atoms with van der Waals surface area (Å²) in [5.41, 5.74) is 0. The van der Waals surface area contributed by atoms with Crippen LogP contribution in [0.15, 0.2) is 0 Å². The number of ether oxygens (including phenoxy) is 4. The van der Waals surface area contributed by atoms with E-state index >= 15 is 0 Å². The molecular weight excluding hydrogens is 316 g/mol. The van der Waals surface area contributed by atoms with Crippen molar-refractivity contribution in [3.8, 4) is 0 Å². The molecule has 1 aliphatic heterocycles. The van der Waals surface area contributed by atoms with Crippen molar-refractivity contribution < 1.29 is 28.5 Å². The van der Waals surface area contributed by atoms with Crippen molar-refractivity contribution in [1.29, 1.82) is 0 Å². The molecule has 0 aromatic heterocycles. The van der Waals surface area contributed by atoms with Gasteiger partial charge in [0.25, 0.3) is 0 Å². The summed E-state index contributed by atoms with van der Waals surface area (Å²) in [5, 5.41) is 0. The monoisotopic (exact) mass is 346 g/mol. The summed E-state index contributed by atoms with van der Waals surface area (Å²) in [6, 6.07) is 0. The number of hydrogen-bond donors (Lipinski definition) is 0. The molecular formula is C16H30N2O6. The molecule has 0 saturated carbocycles. The molecule has 0 aromatic carbocycles. The van der Waals surface area contributed by atoms with Gasteiger partial charge in [0.05, 0.1) is 46.2 Å². The molecule has 8 heteroatoms. The maximum Gasteiger partial charge on any atom is 0.409 e. The van der Waals surface area contributed by atoms with E-state index in [4.69, 9.17) is 18.9 Å². The molecule has 0 bridgehead atoms. The van der Waals surface area contributed by atoms with E-state index in [9.17, 15) is 9.59 Å². The van der Waals surface area contributed by atoms with E-state index in [1.54, 1.807) is 16.7 Å². The average molecular weight is 346 g/mol. The van der Waals surface area contributed by atoms with Crippen molar-refractivity contribution in [2.45, 2.75) is 20.3 Å². The Balaban J connectivity index is 2.51. The SMILES string of the molecule is CCOC(=O)N1CCOCCOCCN(C(=O)CC)CCOCC1. The zero-order valence-electron chi connectivity index (χ0n) is 14.8. The van der Waals surface area contributed by atoms with Crippen LogP contribution in [0.2, 0.25) is 0 Å². The topological polar surface area (TPSA) is 77.5 Å². The lowest BCUT2D eigenvalue weighted by atomic mass is 10.4. The molecule has 24 heavy (non-hydrogen) atoms. The quantitative estimate of drug-likeness (QED) is 0.734. The molecule has 1 rings (SSSR count). The van der Waals surface area contributed by atoms with Gasteiger partial charge < -0.3 is 28.7 Å². The van der Waals surface area contributed by atoms with Crippen LogP contribution in [0.4, 0.5) is 4.79 Å². The van der Waals surface area contributed by atoms with Crippen molar-refractivity contribution in [3.05, 3.63) is 0 Å². The number of nitrogens with zero attached hydrogens (tertiary/aromatic N) is 2. The molecule has 1 fully saturated rings. The fourth-order valence-corrected chi connectivity index (χ4v) is 2.22. The summed E-state index contributed by atoms with van der Waals surface area (Å²) in [6.07, 6.45) is 0.0905. The van der Waals surface area contributed by atoms with E-state index in [0.29, 0.717) is 78.8 Å². The largest absolute Gasteiger partial charge is 0.450 e. The summed E-state index contributed by atoms with van der Waals surface area (Å²) in [6.45, 7) is 8.52. The van der Waals surface area contributed by atoms with Crippen molar-refractivity contribution in [2.24, 2.45) is 0 Å². The van der Waals surface area contributed by atoms with E-state index in [-0.39, 0.29) is 12.0 Å². The first-order valence-electron chi connectivity index (χ1n) is 8.61. The first-order chi connectivity index (χ1) is 11.7. The zero-order chi connectivity index (χ0) is 17.6. The average Bonchev–Trinajstić information content (AvgIpc) is 2.59. The number of amides is 2. The zero-order valence-corrected chi connectivity index (χ0v) is 14.8. The molecule has 2 amide bonds. The Morgan fingerprint density at radius 3 is 1.71 bits per heavy atom. The maximum absolute atomic E-state index is 11.9. The highest BCUT2D eigenvalue weighted by molar-refractivity contribution is 5.75. The van der Waals surface area contributed by atoms with Crippen LogP contribution in [0.1, 0.15) is 20.3 Å². The Kier molecular flexibility index (Phi) is 11.2. The van der Waals surface area contributed by atoms with Crippen LogP contribution in [-0.4, -0.2) is 94.2 Å². The van der Waals surface area contributed by atoms with E-state index in [1.165, 1.54) is 0 Å². The fraction of sp³-hybridized carbons (Fsp3) is 0.875. The minimum atomic E-state index is -0.368. The number of rotatable bonds is 2. The number of carbonyl (C=O) groups excluding carboxylic acids is 2. The summed E-state index contributed by atoms with van der Waals surface area (Å²) >= 11 is 0. The van der Waals surface area contributed by atoms with Crippen LogP contribution in [-0.2, 0) is 23.7 Å². The Hall–Kier alpha value is -1.38. The molecule has 0 spiro atoms. The third kappa shape index (κ3) is 8.47. The lowest BCUT2D eigenvalue weighted by Gasteiger charge is -2.23. The Morgan fingerprint density at radius 1 is 0.792 bits per heavy atom. The molecule has 0 unspecified atom stereocenters. The highest BCUT2D eigenvalue weighted by atomic mass is 16.6. The molecule has 1 heterocycles. The number of hydrogen-bond acceptors (Lipinski definition) is 6. The van der Waals surface area contributed by atoms with Gasteiger partial charge >= 0.3 is 6.09 Å². The van der Waals surface area contributed by atoms with E-state index in [2.05, 4.69) is 0 Å². The van der Waals surface area contributed by atoms with Crippen LogP contribution >= 0.6 is 0 Å². The van der Waals surface area contributed by atoms with Crippen molar-refractivity contribution >= 4 is 12.0 Å². The first-order valence-corrected chi connectivity index (χ1v) is 8.61. The first kappa shape index (κ1) is 20.7. The molecule has 0 atom stereocenters. The lowest BCUT2D eigenvalue weighted by molar-refractivity contribution is -0.132. The highest BCUT2D eigenvalue weighted by Gasteiger charge is 2.15. The van der Waals surface area contributed by atoms with Gasteiger partial charge in [0.15, 0.2) is 0 Å². The van der Waals surface area contributed by atoms with E-state index in [0.717, 1.165) is 0 Å². The fourth-order valence-electron chi connectivity index (χ4n) is 2.22. The van der Waals surface area contributed by atoms with Crippen LogP contribution in [0.25, 0.3) is 0 Å². The molecule has 0 N–H and O–H groups in total. The standard InChI is InChI=1S/C16H30N2O6/c1-3-15(19)17-5-9-21-11-7-18(16(20)24-4-2)8-12-23-14-13-22-10-6-17/h3-14H2,1-2H3. The Labute approximate surface area is 144 Å². The third-order valence-electron chi connectivity index (χ3n) is 3.58. The van der Waals surface area contributed by atoms with Crippen molar-refractivity contribution in [1.82, 2.24) is 9.80 Å². The smallest absolute Gasteiger partial charge is 0.409 e. The van der Waals surface area contributed by atoms with Crippen LogP contribution in [0, 0.1) is 0 Å². The predicted molar refractivity (Wildman–Crippen MR) is 87.9 cm³/mol. The van der Waals surface area contributed by atoms with Gasteiger partial charge in [-0.2, -0.15) is 0 Å². The van der Waals surface area contributed by atoms with Gasteiger partial charge in [-0.3, -0.25) is 4.79 Å². The van der Waals surface area contributed by atoms with E-state index < -0.39 is 0 Å². The molecule has 0 aliphatic carbocycles. The summed E-state index contributed by atoms with van der Waals surface area (Å²) in [7, 11) is 0. The molecule has 1 aliphatic rings. The van der Waals surface area contributed by atoms with Gasteiger partial charge in [0, 0.05) is 32.6 Å². The molecule has 1 saturated heterocycles. The lowest BCUT2D eigenvalue weighted by Crippen LogP contribution is -2.38. The summed E-state index contributed by atoms with van der Waals surface area (Å²) in [5.74, 6) is 0.0796. The van der Waals surface area contributed by atoms with Crippen LogP contribution < -0.4 is 0 Å². The van der Waals surface area contributed by atoms with Crippen molar-refractivity contribution in [3.63, 3.8) is 0 Å². The molecule has 8 nitrogen and oxygen atoms in total. The minimum Gasteiger partial charge on any atom is -0.450 e. The minimum absolute atomic E-state index is 0.0796. The second-order valence-corrected chi connectivity index (χ2v) is 5.26. The van der Waals surface area contributed by atoms with Gasteiger partial charge in [-0.25, -0.2) is 4.79 Å². The van der Waals surface area contributed by atoms with Gasteiger partial charge in [-0.1, -0.05) is 6.92 Å². The molecule has 0 radical (unpaired) electrons. The second kappa shape index (κ2) is 13.0. The Bertz CT molecular complexity index is 366. The highest BCUT2D eigenvalue weighted by Crippen LogP contribution is 1.98. The maximum atomic E-state index is 11.9. The van der Waals surface area contributed by atoms with Gasteiger partial charge in [0.1, 0.15) is 0 Å². The van der Waals surface area contributed by atoms with Gasteiger partial charge in [0.2, 0.25) is 5.91 Å². The van der Waals surface area contributed by atoms with Gasteiger partial charge in [-0.15, -0.1) is 0 Å². The van der Waals surface area contributed by atoms with Gasteiger partial charge in [-0.05, 0) is 6.92 Å². The van der Waals surface area contributed by atoms with Crippen LogP contribution in [0.3, 0.4) is 0 Å². The summed E-state index contributed by atoms with van der Waals surface area (Å²) < 4.78 is 21.6.